The molecule has 1 aromatic carbocycles. The predicted octanol–water partition coefficient (Wildman–Crippen LogP) is 2.93. The number of carbonyl (C=O) groups is 1. The normalized spacial score (nSPS) is 15.0. The van der Waals surface area contributed by atoms with Crippen LogP contribution in [0.2, 0.25) is 0 Å². The van der Waals surface area contributed by atoms with E-state index >= 15 is 0 Å². The molecule has 0 amide bonds. The van der Waals surface area contributed by atoms with Crippen LogP contribution >= 0.6 is 0 Å². The van der Waals surface area contributed by atoms with Crippen molar-refractivity contribution in [2.75, 3.05) is 11.9 Å². The average molecular weight is 247 g/mol. The van der Waals surface area contributed by atoms with Gasteiger partial charge in [0.05, 0.1) is 13.0 Å². The number of hydrogen-bond donors (Lipinski definition) is 1. The summed E-state index contributed by atoms with van der Waals surface area (Å²) in [6.07, 6.45) is 4.05. The number of rotatable bonds is 5. The van der Waals surface area contributed by atoms with Crippen LogP contribution in [-0.2, 0) is 22.4 Å². The van der Waals surface area contributed by atoms with E-state index in [0.717, 1.165) is 5.69 Å². The van der Waals surface area contributed by atoms with E-state index in [1.54, 1.807) is 0 Å². The highest BCUT2D eigenvalue weighted by Gasteiger charge is 2.13. The zero-order chi connectivity index (χ0) is 13.0. The van der Waals surface area contributed by atoms with Crippen molar-refractivity contribution in [3.63, 3.8) is 0 Å². The second-order valence-electron chi connectivity index (χ2n) is 4.89. The van der Waals surface area contributed by atoms with Crippen LogP contribution < -0.4 is 5.32 Å². The fourth-order valence-electron chi connectivity index (χ4n) is 2.47. The fourth-order valence-corrected chi connectivity index (χ4v) is 2.47. The van der Waals surface area contributed by atoms with Gasteiger partial charge in [0, 0.05) is 11.7 Å². The molecule has 0 radical (unpaired) electrons. The average Bonchev–Trinajstić information content (AvgIpc) is 2.76. The summed E-state index contributed by atoms with van der Waals surface area (Å²) < 4.78 is 4.95. The van der Waals surface area contributed by atoms with Crippen molar-refractivity contribution in [2.24, 2.45) is 0 Å². The summed E-state index contributed by atoms with van der Waals surface area (Å²) in [4.78, 5) is 11.4. The van der Waals surface area contributed by atoms with Gasteiger partial charge in [-0.3, -0.25) is 4.79 Å². The van der Waals surface area contributed by atoms with Gasteiger partial charge in [-0.2, -0.15) is 0 Å². The third-order valence-electron chi connectivity index (χ3n) is 3.29. The molecule has 18 heavy (non-hydrogen) atoms. The quantitative estimate of drug-likeness (QED) is 0.813. The van der Waals surface area contributed by atoms with Gasteiger partial charge in [-0.05, 0) is 56.4 Å². The number of fused-ring (bicyclic) bond motifs is 1. The summed E-state index contributed by atoms with van der Waals surface area (Å²) in [5, 5.41) is 3.36. The molecule has 2 rings (SSSR count). The van der Waals surface area contributed by atoms with E-state index in [-0.39, 0.29) is 12.0 Å². The van der Waals surface area contributed by atoms with E-state index in [4.69, 9.17) is 4.74 Å². The monoisotopic (exact) mass is 247 g/mol. The molecular weight excluding hydrogens is 226 g/mol. The van der Waals surface area contributed by atoms with Crippen molar-refractivity contribution in [1.29, 1.82) is 0 Å². The van der Waals surface area contributed by atoms with E-state index in [1.807, 2.05) is 13.8 Å². The Balaban J connectivity index is 1.91. The molecule has 0 fully saturated rings. The summed E-state index contributed by atoms with van der Waals surface area (Å²) in [5.41, 5.74) is 4.02. The summed E-state index contributed by atoms with van der Waals surface area (Å²) in [5.74, 6) is -0.140. The van der Waals surface area contributed by atoms with Crippen LogP contribution in [0.4, 0.5) is 5.69 Å². The molecule has 3 nitrogen and oxygen atoms in total. The molecule has 0 saturated carbocycles. The molecule has 0 bridgehead atoms. The first-order valence-corrected chi connectivity index (χ1v) is 6.73. The molecule has 3 heteroatoms. The molecular formula is C15H21NO2. The first-order chi connectivity index (χ1) is 8.69. The molecule has 1 aromatic rings. The van der Waals surface area contributed by atoms with Crippen LogP contribution in [0.1, 0.15) is 37.8 Å². The topological polar surface area (TPSA) is 38.3 Å². The van der Waals surface area contributed by atoms with E-state index in [0.29, 0.717) is 13.0 Å². The van der Waals surface area contributed by atoms with Crippen LogP contribution in [0.3, 0.4) is 0 Å². The SMILES string of the molecule is CCOC(=O)CC(C)Nc1ccc2c(c1)CCC2. The lowest BCUT2D eigenvalue weighted by Gasteiger charge is -2.15. The fraction of sp³-hybridized carbons (Fsp3) is 0.533. The lowest BCUT2D eigenvalue weighted by atomic mass is 10.1. The first kappa shape index (κ1) is 12.9. The Kier molecular flexibility index (Phi) is 4.24. The Bertz CT molecular complexity index is 429. The minimum Gasteiger partial charge on any atom is -0.466 e. The first-order valence-electron chi connectivity index (χ1n) is 6.73. The Morgan fingerprint density at radius 3 is 2.94 bits per heavy atom. The summed E-state index contributed by atoms with van der Waals surface area (Å²) in [6, 6.07) is 6.61. The van der Waals surface area contributed by atoms with Crippen molar-refractivity contribution < 1.29 is 9.53 Å². The van der Waals surface area contributed by atoms with Gasteiger partial charge in [0.1, 0.15) is 0 Å². The number of esters is 1. The lowest BCUT2D eigenvalue weighted by molar-refractivity contribution is -0.143. The molecule has 0 aromatic heterocycles. The van der Waals surface area contributed by atoms with E-state index in [1.165, 1.54) is 30.4 Å². The molecule has 1 N–H and O–H groups in total. The number of hydrogen-bond acceptors (Lipinski definition) is 3. The van der Waals surface area contributed by atoms with Crippen LogP contribution in [-0.4, -0.2) is 18.6 Å². The minimum atomic E-state index is -0.140. The van der Waals surface area contributed by atoms with Crippen LogP contribution in [0.25, 0.3) is 0 Å². The van der Waals surface area contributed by atoms with Gasteiger partial charge in [-0.15, -0.1) is 0 Å². The van der Waals surface area contributed by atoms with Crippen LogP contribution in [0.5, 0.6) is 0 Å². The molecule has 0 heterocycles. The standard InChI is InChI=1S/C15H21NO2/c1-3-18-15(17)9-11(2)16-14-8-7-12-5-4-6-13(12)10-14/h7-8,10-11,16H,3-6,9H2,1-2H3. The van der Waals surface area contributed by atoms with Crippen molar-refractivity contribution >= 4 is 11.7 Å². The third kappa shape index (κ3) is 3.25. The summed E-state index contributed by atoms with van der Waals surface area (Å²) in [6.45, 7) is 4.28. The maximum absolute atomic E-state index is 11.4. The van der Waals surface area contributed by atoms with E-state index in [9.17, 15) is 4.79 Å². The molecule has 0 aliphatic heterocycles. The number of aryl methyl sites for hydroxylation is 2. The second-order valence-corrected chi connectivity index (χ2v) is 4.89. The Morgan fingerprint density at radius 1 is 1.39 bits per heavy atom. The van der Waals surface area contributed by atoms with Crippen molar-refractivity contribution in [3.8, 4) is 0 Å². The van der Waals surface area contributed by atoms with Gasteiger partial charge in [0.25, 0.3) is 0 Å². The van der Waals surface area contributed by atoms with Gasteiger partial charge >= 0.3 is 5.97 Å². The number of nitrogens with one attached hydrogen (secondary N) is 1. The third-order valence-corrected chi connectivity index (χ3v) is 3.29. The number of benzene rings is 1. The molecule has 98 valence electrons. The van der Waals surface area contributed by atoms with E-state index in [2.05, 4.69) is 23.5 Å². The number of carbonyl (C=O) groups excluding carboxylic acids is 1. The van der Waals surface area contributed by atoms with E-state index < -0.39 is 0 Å². The minimum absolute atomic E-state index is 0.100. The van der Waals surface area contributed by atoms with Gasteiger partial charge in [-0.1, -0.05) is 6.07 Å². The largest absolute Gasteiger partial charge is 0.466 e. The molecule has 0 spiro atoms. The maximum atomic E-state index is 11.4. The van der Waals surface area contributed by atoms with Crippen LogP contribution in [0.15, 0.2) is 18.2 Å². The summed E-state index contributed by atoms with van der Waals surface area (Å²) in [7, 11) is 0. The van der Waals surface area contributed by atoms with Gasteiger partial charge in [0.15, 0.2) is 0 Å². The second kappa shape index (κ2) is 5.89. The Morgan fingerprint density at radius 2 is 2.17 bits per heavy atom. The van der Waals surface area contributed by atoms with Gasteiger partial charge in [0.2, 0.25) is 0 Å². The van der Waals surface area contributed by atoms with Gasteiger partial charge < -0.3 is 10.1 Å². The molecule has 1 aliphatic rings. The Hall–Kier alpha value is -1.51. The number of ether oxygens (including phenoxy) is 1. The predicted molar refractivity (Wildman–Crippen MR) is 72.8 cm³/mol. The molecule has 1 aliphatic carbocycles. The zero-order valence-electron chi connectivity index (χ0n) is 11.2. The molecule has 0 saturated heterocycles. The van der Waals surface area contributed by atoms with Crippen molar-refractivity contribution in [2.45, 2.75) is 45.6 Å². The summed E-state index contributed by atoms with van der Waals surface area (Å²) >= 11 is 0. The smallest absolute Gasteiger partial charge is 0.307 e. The zero-order valence-corrected chi connectivity index (χ0v) is 11.2. The highest BCUT2D eigenvalue weighted by molar-refractivity contribution is 5.70. The number of anilines is 1. The maximum Gasteiger partial charge on any atom is 0.307 e. The highest BCUT2D eigenvalue weighted by atomic mass is 16.5. The van der Waals surface area contributed by atoms with Gasteiger partial charge in [-0.25, -0.2) is 0 Å². The molecule has 1 unspecified atom stereocenters. The van der Waals surface area contributed by atoms with Crippen molar-refractivity contribution in [3.05, 3.63) is 29.3 Å². The highest BCUT2D eigenvalue weighted by Crippen LogP contribution is 2.25. The lowest BCUT2D eigenvalue weighted by Crippen LogP contribution is -2.21. The Labute approximate surface area is 109 Å². The van der Waals surface area contributed by atoms with Crippen LogP contribution in [0, 0.1) is 0 Å². The van der Waals surface area contributed by atoms with Crippen molar-refractivity contribution in [1.82, 2.24) is 0 Å². The molecule has 1 atom stereocenters.